The van der Waals surface area contributed by atoms with Crippen LogP contribution in [0.3, 0.4) is 0 Å². The first-order valence-electron chi connectivity index (χ1n) is 4.28. The number of nitrogens with two attached hydrogens (primary N) is 1. The minimum absolute atomic E-state index is 0.0442. The molecule has 0 aromatic carbocycles. The number of hydrogen-bond donors (Lipinski definition) is 2. The predicted molar refractivity (Wildman–Crippen MR) is 52.7 cm³/mol. The molecule has 0 bridgehead atoms. The Kier molecular flexibility index (Phi) is 2.45. The van der Waals surface area contributed by atoms with Crippen LogP contribution in [0.1, 0.15) is 0 Å². The Balaban J connectivity index is 2.30. The molecule has 0 aliphatic carbocycles. The lowest BCUT2D eigenvalue weighted by Crippen LogP contribution is -2.68. The second-order valence-corrected chi connectivity index (χ2v) is 4.44. The maximum absolute atomic E-state index is 11.3. The number of methoxy groups -OCH3 is 1. The summed E-state index contributed by atoms with van der Waals surface area (Å²) in [5.41, 5.74) is 5.16. The van der Waals surface area contributed by atoms with Crippen LogP contribution in [0.25, 0.3) is 0 Å². The van der Waals surface area contributed by atoms with Crippen molar-refractivity contribution >= 4 is 23.6 Å². The molecule has 0 aromatic heterocycles. The number of carboxylic acids is 1. The van der Waals surface area contributed by atoms with Crippen LogP contribution in [0.5, 0.6) is 0 Å². The van der Waals surface area contributed by atoms with Crippen LogP contribution < -0.4 is 5.73 Å². The van der Waals surface area contributed by atoms with Crippen LogP contribution in [0.4, 0.5) is 0 Å². The van der Waals surface area contributed by atoms with E-state index in [1.54, 1.807) is 0 Å². The van der Waals surface area contributed by atoms with Crippen molar-refractivity contribution < 1.29 is 19.4 Å². The number of carbonyl (C=O) groups excluding carboxylic acids is 1. The Morgan fingerprint density at radius 3 is 2.93 bits per heavy atom. The highest BCUT2D eigenvalue weighted by Gasteiger charge is 2.52. The lowest BCUT2D eigenvalue weighted by atomic mass is 10.1. The van der Waals surface area contributed by atoms with Crippen molar-refractivity contribution in [2.75, 3.05) is 7.11 Å². The zero-order valence-corrected chi connectivity index (χ0v) is 8.73. The zero-order chi connectivity index (χ0) is 11.2. The second-order valence-electron chi connectivity index (χ2n) is 3.22. The van der Waals surface area contributed by atoms with Gasteiger partial charge in [0.1, 0.15) is 22.5 Å². The SMILES string of the molecule is COC1C=C(C(=O)O)N2C(=O)C(N)[C@@H]2S1. The Hall–Kier alpha value is -1.05. The third-order valence-corrected chi connectivity index (χ3v) is 3.74. The number of rotatable bonds is 2. The largest absolute Gasteiger partial charge is 0.477 e. The summed E-state index contributed by atoms with van der Waals surface area (Å²) in [6.07, 6.45) is 1.41. The summed E-state index contributed by atoms with van der Waals surface area (Å²) in [6.45, 7) is 0. The summed E-state index contributed by atoms with van der Waals surface area (Å²) in [5, 5.41) is 8.59. The van der Waals surface area contributed by atoms with E-state index in [-0.39, 0.29) is 22.4 Å². The Morgan fingerprint density at radius 2 is 2.40 bits per heavy atom. The van der Waals surface area contributed by atoms with Gasteiger partial charge in [-0.15, -0.1) is 0 Å². The van der Waals surface area contributed by atoms with Gasteiger partial charge in [0, 0.05) is 7.11 Å². The van der Waals surface area contributed by atoms with Crippen molar-refractivity contribution in [3.05, 3.63) is 11.8 Å². The molecule has 2 aliphatic heterocycles. The molecule has 2 aliphatic rings. The summed E-state index contributed by atoms with van der Waals surface area (Å²) in [7, 11) is 1.48. The van der Waals surface area contributed by atoms with Gasteiger partial charge in [-0.3, -0.25) is 9.69 Å². The van der Waals surface area contributed by atoms with E-state index >= 15 is 0 Å². The summed E-state index contributed by atoms with van der Waals surface area (Å²) in [6, 6.07) is -0.629. The maximum atomic E-state index is 11.3. The number of aliphatic carboxylic acids is 1. The zero-order valence-electron chi connectivity index (χ0n) is 7.91. The fraction of sp³-hybridized carbons (Fsp3) is 0.500. The Bertz CT molecular complexity index is 357. The van der Waals surface area contributed by atoms with Gasteiger partial charge in [-0.2, -0.15) is 0 Å². The molecule has 0 aromatic rings. The lowest BCUT2D eigenvalue weighted by Gasteiger charge is -2.47. The average molecular weight is 230 g/mol. The van der Waals surface area contributed by atoms with Gasteiger partial charge < -0.3 is 15.6 Å². The van der Waals surface area contributed by atoms with Crippen molar-refractivity contribution in [2.24, 2.45) is 5.73 Å². The van der Waals surface area contributed by atoms with Crippen LogP contribution in [0, 0.1) is 0 Å². The van der Waals surface area contributed by atoms with Gasteiger partial charge >= 0.3 is 5.97 Å². The van der Waals surface area contributed by atoms with Gasteiger partial charge in [0.15, 0.2) is 0 Å². The molecule has 7 heteroatoms. The van der Waals surface area contributed by atoms with Gasteiger partial charge in [-0.25, -0.2) is 4.79 Å². The third-order valence-electron chi connectivity index (χ3n) is 2.36. The smallest absolute Gasteiger partial charge is 0.352 e. The predicted octanol–water partition coefficient (Wildman–Crippen LogP) is -0.830. The molecular weight excluding hydrogens is 220 g/mol. The second kappa shape index (κ2) is 3.51. The Morgan fingerprint density at radius 1 is 1.73 bits per heavy atom. The summed E-state index contributed by atoms with van der Waals surface area (Å²) in [4.78, 5) is 23.4. The standard InChI is InChI=1S/C8H10N2O4S/c1-14-4-2-3(8(12)13)10-6(11)5(9)7(10)15-4/h2,4-5,7H,9H2,1H3,(H,12,13)/t4?,5?,7-/m0/s1. The van der Waals surface area contributed by atoms with Crippen molar-refractivity contribution in [2.45, 2.75) is 16.9 Å². The minimum atomic E-state index is -1.14. The topological polar surface area (TPSA) is 92.9 Å². The minimum Gasteiger partial charge on any atom is -0.477 e. The number of thioether (sulfide) groups is 1. The summed E-state index contributed by atoms with van der Waals surface area (Å²) < 4.78 is 5.04. The van der Waals surface area contributed by atoms with E-state index in [1.165, 1.54) is 29.8 Å². The Labute approximate surface area is 90.0 Å². The molecule has 3 N–H and O–H groups in total. The number of nitrogens with zero attached hydrogens (tertiary/aromatic N) is 1. The highest BCUT2D eigenvalue weighted by Crippen LogP contribution is 2.39. The van der Waals surface area contributed by atoms with Crippen molar-refractivity contribution in [3.8, 4) is 0 Å². The highest BCUT2D eigenvalue weighted by atomic mass is 32.2. The van der Waals surface area contributed by atoms with Gasteiger partial charge in [0.25, 0.3) is 0 Å². The van der Waals surface area contributed by atoms with E-state index in [4.69, 9.17) is 15.6 Å². The van der Waals surface area contributed by atoms with E-state index in [1.807, 2.05) is 0 Å². The van der Waals surface area contributed by atoms with Crippen molar-refractivity contribution in [3.63, 3.8) is 0 Å². The molecule has 15 heavy (non-hydrogen) atoms. The van der Waals surface area contributed by atoms with Crippen LogP contribution >= 0.6 is 11.8 Å². The van der Waals surface area contributed by atoms with Crippen molar-refractivity contribution in [1.29, 1.82) is 0 Å². The highest BCUT2D eigenvalue weighted by molar-refractivity contribution is 8.00. The number of hydrogen-bond acceptors (Lipinski definition) is 5. The van der Waals surface area contributed by atoms with Crippen LogP contribution in [-0.4, -0.2) is 45.8 Å². The maximum Gasteiger partial charge on any atom is 0.352 e. The van der Waals surface area contributed by atoms with Gasteiger partial charge in [0.2, 0.25) is 5.91 Å². The number of carboxylic acid groups (broad SMARTS) is 1. The van der Waals surface area contributed by atoms with Gasteiger partial charge in [0.05, 0.1) is 0 Å². The first-order chi connectivity index (χ1) is 7.06. The average Bonchev–Trinajstić information content (AvgIpc) is 2.25. The van der Waals surface area contributed by atoms with E-state index < -0.39 is 12.0 Å². The molecule has 82 valence electrons. The number of β-lactam (4-membered cyclic amide) rings is 1. The molecule has 1 saturated heterocycles. The first-order valence-corrected chi connectivity index (χ1v) is 5.22. The molecule has 1 amide bonds. The molecule has 2 unspecified atom stereocenters. The normalized spacial score (nSPS) is 34.3. The molecule has 1 fully saturated rings. The number of carbonyl (C=O) groups is 2. The van der Waals surface area contributed by atoms with Gasteiger partial charge in [-0.05, 0) is 6.08 Å². The van der Waals surface area contributed by atoms with Crippen LogP contribution in [0.15, 0.2) is 11.8 Å². The number of amides is 1. The monoisotopic (exact) mass is 230 g/mol. The summed E-state index contributed by atoms with van der Waals surface area (Å²) in [5.74, 6) is -1.49. The molecular formula is C8H10N2O4S. The van der Waals surface area contributed by atoms with Crippen LogP contribution in [-0.2, 0) is 14.3 Å². The van der Waals surface area contributed by atoms with Crippen molar-refractivity contribution in [1.82, 2.24) is 4.90 Å². The van der Waals surface area contributed by atoms with E-state index in [9.17, 15) is 9.59 Å². The fourth-order valence-corrected chi connectivity index (χ4v) is 2.79. The first kappa shape index (κ1) is 10.5. The third kappa shape index (κ3) is 1.43. The quantitative estimate of drug-likeness (QED) is 0.601. The molecule has 0 radical (unpaired) electrons. The van der Waals surface area contributed by atoms with Gasteiger partial charge in [-0.1, -0.05) is 11.8 Å². The molecule has 0 saturated carbocycles. The van der Waals surface area contributed by atoms with E-state index in [2.05, 4.69) is 0 Å². The lowest BCUT2D eigenvalue weighted by molar-refractivity contribution is -0.148. The van der Waals surface area contributed by atoms with Crippen LogP contribution in [0.2, 0.25) is 0 Å². The molecule has 3 atom stereocenters. The number of fused-ring (bicyclic) bond motifs is 1. The van der Waals surface area contributed by atoms with E-state index in [0.717, 1.165) is 0 Å². The molecule has 2 rings (SSSR count). The number of ether oxygens (including phenoxy) is 1. The summed E-state index contributed by atoms with van der Waals surface area (Å²) >= 11 is 1.33. The fourth-order valence-electron chi connectivity index (χ4n) is 1.57. The molecule has 0 spiro atoms. The molecule has 2 heterocycles. The molecule has 6 nitrogen and oxygen atoms in total. The van der Waals surface area contributed by atoms with E-state index in [0.29, 0.717) is 0 Å².